The number of fused-ring (bicyclic) bond motifs is 5. The van der Waals surface area contributed by atoms with E-state index in [1.807, 2.05) is 42.6 Å². The summed E-state index contributed by atoms with van der Waals surface area (Å²) in [6, 6.07) is 20.6. The molecule has 0 saturated carbocycles. The highest BCUT2D eigenvalue weighted by atomic mass is 16.2. The second-order valence-electron chi connectivity index (χ2n) is 8.10. The number of carbonyl (C=O) groups is 1. The summed E-state index contributed by atoms with van der Waals surface area (Å²) in [7, 11) is 0. The van der Waals surface area contributed by atoms with E-state index >= 15 is 0 Å². The summed E-state index contributed by atoms with van der Waals surface area (Å²) < 4.78 is 0. The number of hydrogen-bond donors (Lipinski definition) is 0. The Morgan fingerprint density at radius 2 is 1.79 bits per heavy atom. The normalized spacial score (nSPS) is 22.4. The SMILES string of the molecule is O=C(c1cccc2ccccc12)N1C[C@H]2CC[C@@H]1CN(Cc1ccccn1)C2. The highest BCUT2D eigenvalue weighted by molar-refractivity contribution is 6.07. The predicted molar refractivity (Wildman–Crippen MR) is 111 cm³/mol. The molecule has 4 heteroatoms. The minimum Gasteiger partial charge on any atom is -0.334 e. The van der Waals surface area contributed by atoms with Crippen molar-refractivity contribution in [2.45, 2.75) is 25.4 Å². The van der Waals surface area contributed by atoms with Gasteiger partial charge in [0.2, 0.25) is 0 Å². The fourth-order valence-corrected chi connectivity index (χ4v) is 4.84. The summed E-state index contributed by atoms with van der Waals surface area (Å²) in [5.41, 5.74) is 1.94. The van der Waals surface area contributed by atoms with Crippen LogP contribution in [0, 0.1) is 5.92 Å². The summed E-state index contributed by atoms with van der Waals surface area (Å²) in [5.74, 6) is 0.729. The van der Waals surface area contributed by atoms with Gasteiger partial charge in [0, 0.05) is 44.0 Å². The van der Waals surface area contributed by atoms with Gasteiger partial charge in [-0.25, -0.2) is 0 Å². The van der Waals surface area contributed by atoms with Gasteiger partial charge in [-0.15, -0.1) is 0 Å². The molecule has 142 valence electrons. The topological polar surface area (TPSA) is 36.4 Å². The number of pyridine rings is 1. The molecular formula is C24H25N3O. The first kappa shape index (κ1) is 17.4. The van der Waals surface area contributed by atoms with Gasteiger partial charge >= 0.3 is 0 Å². The van der Waals surface area contributed by atoms with Crippen LogP contribution in [0.5, 0.6) is 0 Å². The lowest BCUT2D eigenvalue weighted by atomic mass is 9.93. The maximum atomic E-state index is 13.5. The van der Waals surface area contributed by atoms with Gasteiger partial charge in [-0.05, 0) is 47.7 Å². The third-order valence-electron chi connectivity index (χ3n) is 6.18. The van der Waals surface area contributed by atoms with Crippen molar-refractivity contribution in [3.63, 3.8) is 0 Å². The van der Waals surface area contributed by atoms with E-state index in [4.69, 9.17) is 0 Å². The van der Waals surface area contributed by atoms with Crippen LogP contribution in [0.4, 0.5) is 0 Å². The first-order valence-corrected chi connectivity index (χ1v) is 10.2. The van der Waals surface area contributed by atoms with Gasteiger partial charge in [-0.2, -0.15) is 0 Å². The molecule has 1 aromatic heterocycles. The Morgan fingerprint density at radius 3 is 2.68 bits per heavy atom. The zero-order chi connectivity index (χ0) is 18.9. The second-order valence-corrected chi connectivity index (χ2v) is 8.10. The van der Waals surface area contributed by atoms with Crippen LogP contribution in [0.15, 0.2) is 66.9 Å². The maximum absolute atomic E-state index is 13.5. The van der Waals surface area contributed by atoms with Crippen molar-refractivity contribution in [2.75, 3.05) is 19.6 Å². The highest BCUT2D eigenvalue weighted by Gasteiger charge is 2.37. The lowest BCUT2D eigenvalue weighted by molar-refractivity contribution is 0.0587. The molecule has 2 atom stereocenters. The van der Waals surface area contributed by atoms with Crippen molar-refractivity contribution in [3.05, 3.63) is 78.1 Å². The Kier molecular flexibility index (Phi) is 4.57. The lowest BCUT2D eigenvalue weighted by Gasteiger charge is -2.36. The molecule has 3 aromatic rings. The third kappa shape index (κ3) is 3.29. The molecule has 0 unspecified atom stereocenters. The van der Waals surface area contributed by atoms with E-state index in [2.05, 4.69) is 39.0 Å². The van der Waals surface area contributed by atoms with E-state index in [0.717, 1.165) is 54.6 Å². The minimum absolute atomic E-state index is 0.186. The van der Waals surface area contributed by atoms with E-state index in [0.29, 0.717) is 5.92 Å². The third-order valence-corrected chi connectivity index (χ3v) is 6.18. The molecule has 28 heavy (non-hydrogen) atoms. The Balaban J connectivity index is 1.40. The number of piperidine rings is 1. The summed E-state index contributed by atoms with van der Waals surface area (Å²) in [4.78, 5) is 22.6. The molecule has 4 heterocycles. The number of aromatic nitrogens is 1. The number of hydrogen-bond acceptors (Lipinski definition) is 3. The molecule has 3 aliphatic heterocycles. The van der Waals surface area contributed by atoms with Crippen LogP contribution in [-0.2, 0) is 6.54 Å². The number of benzene rings is 2. The van der Waals surface area contributed by atoms with Crippen molar-refractivity contribution in [3.8, 4) is 0 Å². The van der Waals surface area contributed by atoms with Crippen LogP contribution in [0.2, 0.25) is 0 Å². The molecule has 0 N–H and O–H groups in total. The number of nitrogens with zero attached hydrogens (tertiary/aromatic N) is 3. The standard InChI is InChI=1S/C24H25N3O/c28-24(23-10-5-7-19-6-1-2-9-22(19)23)27-15-18-11-12-21(27)17-26(14-18)16-20-8-3-4-13-25-20/h1-10,13,18,21H,11-12,14-17H2/t18-,21+/m0/s1. The van der Waals surface area contributed by atoms with Crippen molar-refractivity contribution in [1.82, 2.24) is 14.8 Å². The Labute approximate surface area is 165 Å². The van der Waals surface area contributed by atoms with E-state index in [-0.39, 0.29) is 11.9 Å². The summed E-state index contributed by atoms with van der Waals surface area (Å²) >= 11 is 0. The van der Waals surface area contributed by atoms with Crippen molar-refractivity contribution in [1.29, 1.82) is 0 Å². The van der Waals surface area contributed by atoms with Gasteiger partial charge in [0.15, 0.2) is 0 Å². The van der Waals surface area contributed by atoms with E-state index < -0.39 is 0 Å². The Bertz CT molecular complexity index is 982. The smallest absolute Gasteiger partial charge is 0.254 e. The predicted octanol–water partition coefficient (Wildman–Crippen LogP) is 3.97. The lowest BCUT2D eigenvalue weighted by Crippen LogP contribution is -2.47. The molecule has 3 fully saturated rings. The van der Waals surface area contributed by atoms with E-state index in [1.54, 1.807) is 0 Å². The number of rotatable bonds is 3. The minimum atomic E-state index is 0.186. The molecule has 2 aromatic carbocycles. The second kappa shape index (κ2) is 7.36. The molecule has 0 aliphatic carbocycles. The van der Waals surface area contributed by atoms with Crippen molar-refractivity contribution >= 4 is 16.7 Å². The molecule has 0 spiro atoms. The molecule has 1 amide bonds. The molecule has 3 aliphatic rings. The van der Waals surface area contributed by atoms with Gasteiger partial charge in [0.25, 0.3) is 5.91 Å². The number of carbonyl (C=O) groups excluding carboxylic acids is 1. The van der Waals surface area contributed by atoms with Gasteiger partial charge in [0.05, 0.1) is 5.69 Å². The van der Waals surface area contributed by atoms with Crippen LogP contribution in [0.25, 0.3) is 10.8 Å². The van der Waals surface area contributed by atoms with Gasteiger partial charge in [0.1, 0.15) is 0 Å². The summed E-state index contributed by atoms with van der Waals surface area (Å²) in [6.45, 7) is 3.71. The molecule has 6 rings (SSSR count). The van der Waals surface area contributed by atoms with Crippen molar-refractivity contribution < 1.29 is 4.79 Å². The maximum Gasteiger partial charge on any atom is 0.254 e. The van der Waals surface area contributed by atoms with Gasteiger partial charge < -0.3 is 4.90 Å². The molecule has 4 nitrogen and oxygen atoms in total. The Hall–Kier alpha value is -2.72. The van der Waals surface area contributed by atoms with Crippen LogP contribution in [0.1, 0.15) is 28.9 Å². The first-order chi connectivity index (χ1) is 13.8. The fraction of sp³-hybridized carbons (Fsp3) is 0.333. The molecule has 3 saturated heterocycles. The monoisotopic (exact) mass is 371 g/mol. The average molecular weight is 371 g/mol. The quantitative estimate of drug-likeness (QED) is 0.699. The Morgan fingerprint density at radius 1 is 0.929 bits per heavy atom. The highest BCUT2D eigenvalue weighted by Crippen LogP contribution is 2.31. The van der Waals surface area contributed by atoms with Crippen LogP contribution < -0.4 is 0 Å². The van der Waals surface area contributed by atoms with Crippen LogP contribution in [-0.4, -0.2) is 46.4 Å². The molecule has 2 bridgehead atoms. The van der Waals surface area contributed by atoms with Crippen LogP contribution >= 0.6 is 0 Å². The largest absolute Gasteiger partial charge is 0.334 e. The average Bonchev–Trinajstić information content (AvgIpc) is 3.04. The van der Waals surface area contributed by atoms with Crippen LogP contribution in [0.3, 0.4) is 0 Å². The first-order valence-electron chi connectivity index (χ1n) is 10.2. The number of amides is 1. The van der Waals surface area contributed by atoms with Gasteiger partial charge in [-0.1, -0.05) is 42.5 Å². The summed E-state index contributed by atoms with van der Waals surface area (Å²) in [6.07, 6.45) is 4.17. The van der Waals surface area contributed by atoms with E-state index in [9.17, 15) is 4.79 Å². The van der Waals surface area contributed by atoms with Crippen molar-refractivity contribution in [2.24, 2.45) is 5.92 Å². The molecule has 0 radical (unpaired) electrons. The fourth-order valence-electron chi connectivity index (χ4n) is 4.84. The van der Waals surface area contributed by atoms with E-state index in [1.165, 1.54) is 6.42 Å². The zero-order valence-electron chi connectivity index (χ0n) is 16.0. The van der Waals surface area contributed by atoms with Gasteiger partial charge in [-0.3, -0.25) is 14.7 Å². The molecular weight excluding hydrogens is 346 g/mol. The zero-order valence-corrected chi connectivity index (χ0v) is 16.0. The summed E-state index contributed by atoms with van der Waals surface area (Å²) in [5, 5.41) is 2.19.